The second-order valence-corrected chi connectivity index (χ2v) is 5.08. The third kappa shape index (κ3) is 2.08. The second-order valence-electron chi connectivity index (χ2n) is 4.12. The minimum absolute atomic E-state index is 1.23. The molecule has 3 aromatic rings. The molecular weight excluding hydrogens is 333 g/mol. The molecule has 1 aromatic heterocycles. The molecule has 0 atom stereocenters. The van der Waals surface area contributed by atoms with Crippen molar-refractivity contribution < 1.29 is 0 Å². The molecular formula is C16H12IN. The Morgan fingerprint density at radius 2 is 0.944 bits per heavy atom. The maximum atomic E-state index is 2.36. The molecule has 0 saturated carbocycles. The molecule has 88 valence electrons. The van der Waals surface area contributed by atoms with Crippen LogP contribution in [0, 0.1) is 0 Å². The predicted octanol–water partition coefficient (Wildman–Crippen LogP) is 5.02. The summed E-state index contributed by atoms with van der Waals surface area (Å²) in [6.45, 7) is 0. The van der Waals surface area contributed by atoms with E-state index in [2.05, 4.69) is 86.3 Å². The largest absolute Gasteiger partial charge is 0.282 e. The molecule has 1 nitrogen and oxygen atoms in total. The van der Waals surface area contributed by atoms with Crippen molar-refractivity contribution in [1.29, 1.82) is 0 Å². The van der Waals surface area contributed by atoms with E-state index in [0.29, 0.717) is 0 Å². The first-order valence-corrected chi connectivity index (χ1v) is 6.81. The summed E-state index contributed by atoms with van der Waals surface area (Å²) in [5.41, 5.74) is 4.95. The van der Waals surface area contributed by atoms with Gasteiger partial charge in [0.2, 0.25) is 0 Å². The summed E-state index contributed by atoms with van der Waals surface area (Å²) in [5.74, 6) is 0. The zero-order valence-electron chi connectivity index (χ0n) is 9.75. The lowest BCUT2D eigenvalue weighted by molar-refractivity contribution is 1.35. The number of halogens is 1. The van der Waals surface area contributed by atoms with Gasteiger partial charge < -0.3 is 0 Å². The third-order valence-electron chi connectivity index (χ3n) is 2.96. The minimum Gasteiger partial charge on any atom is -0.282 e. The molecule has 0 unspecified atom stereocenters. The van der Waals surface area contributed by atoms with Gasteiger partial charge in [-0.05, 0) is 23.3 Å². The van der Waals surface area contributed by atoms with Gasteiger partial charge in [-0.1, -0.05) is 60.7 Å². The molecule has 0 aliphatic carbocycles. The van der Waals surface area contributed by atoms with Crippen molar-refractivity contribution in [3.63, 3.8) is 0 Å². The molecule has 0 amide bonds. The van der Waals surface area contributed by atoms with Gasteiger partial charge in [-0.2, -0.15) is 0 Å². The van der Waals surface area contributed by atoms with Gasteiger partial charge in [0.1, 0.15) is 0 Å². The van der Waals surface area contributed by atoms with Crippen molar-refractivity contribution in [1.82, 2.24) is 2.78 Å². The molecule has 0 N–H and O–H groups in total. The van der Waals surface area contributed by atoms with Crippen molar-refractivity contribution in [2.45, 2.75) is 0 Å². The molecule has 2 heteroatoms. The van der Waals surface area contributed by atoms with Crippen LogP contribution in [0.3, 0.4) is 0 Å². The summed E-state index contributed by atoms with van der Waals surface area (Å²) < 4.78 is 2.21. The summed E-state index contributed by atoms with van der Waals surface area (Å²) in [4.78, 5) is 0. The lowest BCUT2D eigenvalue weighted by Gasteiger charge is -2.06. The van der Waals surface area contributed by atoms with E-state index in [1.54, 1.807) is 0 Å². The van der Waals surface area contributed by atoms with Gasteiger partial charge in [-0.15, -0.1) is 0 Å². The van der Waals surface area contributed by atoms with Crippen molar-refractivity contribution in [2.24, 2.45) is 0 Å². The standard InChI is InChI=1S/C16H12IN/c17-18-15(13-7-3-1-4-8-13)11-12-16(18)14-9-5-2-6-10-14/h1-12H. The summed E-state index contributed by atoms with van der Waals surface area (Å²) in [7, 11) is 0. The molecule has 1 heterocycles. The van der Waals surface area contributed by atoms with Crippen molar-refractivity contribution in [3.05, 3.63) is 72.8 Å². The average Bonchev–Trinajstić information content (AvgIpc) is 2.83. The maximum Gasteiger partial charge on any atom is 0.0646 e. The zero-order chi connectivity index (χ0) is 12.4. The first-order valence-electron chi connectivity index (χ1n) is 5.85. The fraction of sp³-hybridized carbons (Fsp3) is 0. The van der Waals surface area contributed by atoms with Crippen LogP contribution < -0.4 is 0 Å². The van der Waals surface area contributed by atoms with Gasteiger partial charge in [-0.3, -0.25) is 2.78 Å². The highest BCUT2D eigenvalue weighted by molar-refractivity contribution is 14.1. The van der Waals surface area contributed by atoms with Crippen LogP contribution in [0.4, 0.5) is 0 Å². The predicted molar refractivity (Wildman–Crippen MR) is 84.7 cm³/mol. The molecule has 0 radical (unpaired) electrons. The molecule has 18 heavy (non-hydrogen) atoms. The Morgan fingerprint density at radius 3 is 1.33 bits per heavy atom. The average molecular weight is 345 g/mol. The van der Waals surface area contributed by atoms with Gasteiger partial charge in [-0.25, -0.2) is 0 Å². The van der Waals surface area contributed by atoms with Crippen LogP contribution >= 0.6 is 22.9 Å². The lowest BCUT2D eigenvalue weighted by atomic mass is 10.2. The van der Waals surface area contributed by atoms with Crippen molar-refractivity contribution in [2.75, 3.05) is 0 Å². The maximum absolute atomic E-state index is 2.36. The van der Waals surface area contributed by atoms with Crippen LogP contribution in [0.15, 0.2) is 72.8 Å². The quantitative estimate of drug-likeness (QED) is 0.575. The topological polar surface area (TPSA) is 4.93 Å². The number of nitrogens with zero attached hydrogens (tertiary/aromatic N) is 1. The van der Waals surface area contributed by atoms with E-state index in [9.17, 15) is 0 Å². The van der Waals surface area contributed by atoms with Gasteiger partial charge >= 0.3 is 0 Å². The first-order chi connectivity index (χ1) is 8.86. The number of rotatable bonds is 2. The highest BCUT2D eigenvalue weighted by Crippen LogP contribution is 2.30. The number of hydrogen-bond donors (Lipinski definition) is 0. The normalized spacial score (nSPS) is 10.5. The Kier molecular flexibility index (Phi) is 3.19. The van der Waals surface area contributed by atoms with Gasteiger partial charge in [0.25, 0.3) is 0 Å². The smallest absolute Gasteiger partial charge is 0.0646 e. The number of hydrogen-bond acceptors (Lipinski definition) is 0. The number of benzene rings is 2. The van der Waals surface area contributed by atoms with E-state index >= 15 is 0 Å². The van der Waals surface area contributed by atoms with Gasteiger partial charge in [0, 0.05) is 0 Å². The van der Waals surface area contributed by atoms with Crippen LogP contribution in [0.2, 0.25) is 0 Å². The van der Waals surface area contributed by atoms with Gasteiger partial charge in [0.15, 0.2) is 0 Å². The summed E-state index contributed by atoms with van der Waals surface area (Å²) in [6.07, 6.45) is 0. The zero-order valence-corrected chi connectivity index (χ0v) is 11.9. The first kappa shape index (κ1) is 11.5. The summed E-state index contributed by atoms with van der Waals surface area (Å²) >= 11 is 2.36. The molecule has 0 aliphatic heterocycles. The molecule has 0 spiro atoms. The van der Waals surface area contributed by atoms with E-state index in [0.717, 1.165) is 0 Å². The van der Waals surface area contributed by atoms with E-state index in [1.807, 2.05) is 12.1 Å². The van der Waals surface area contributed by atoms with Crippen LogP contribution in [0.25, 0.3) is 22.5 Å². The summed E-state index contributed by atoms with van der Waals surface area (Å²) in [6, 6.07) is 25.3. The highest BCUT2D eigenvalue weighted by atomic mass is 127. The van der Waals surface area contributed by atoms with Crippen molar-refractivity contribution >= 4 is 22.9 Å². The third-order valence-corrected chi connectivity index (χ3v) is 4.00. The molecule has 0 bridgehead atoms. The fourth-order valence-corrected chi connectivity index (χ4v) is 2.93. The van der Waals surface area contributed by atoms with Crippen LogP contribution in [0.5, 0.6) is 0 Å². The van der Waals surface area contributed by atoms with E-state index in [-0.39, 0.29) is 0 Å². The minimum atomic E-state index is 1.23. The summed E-state index contributed by atoms with van der Waals surface area (Å²) in [5, 5.41) is 0. The Bertz CT molecular complexity index is 584. The van der Waals surface area contributed by atoms with Crippen LogP contribution in [-0.4, -0.2) is 2.78 Å². The molecule has 2 aromatic carbocycles. The van der Waals surface area contributed by atoms with Crippen molar-refractivity contribution in [3.8, 4) is 22.5 Å². The SMILES string of the molecule is In1c(-c2ccccc2)ccc1-c1ccccc1. The Morgan fingerprint density at radius 1 is 0.556 bits per heavy atom. The monoisotopic (exact) mass is 345 g/mol. The van der Waals surface area contributed by atoms with Crippen LogP contribution in [0.1, 0.15) is 0 Å². The van der Waals surface area contributed by atoms with Gasteiger partial charge in [0.05, 0.1) is 34.3 Å². The van der Waals surface area contributed by atoms with Crippen LogP contribution in [-0.2, 0) is 0 Å². The second kappa shape index (κ2) is 4.98. The van der Waals surface area contributed by atoms with E-state index in [4.69, 9.17) is 0 Å². The number of aromatic nitrogens is 1. The Hall–Kier alpha value is -1.55. The Balaban J connectivity index is 2.09. The van der Waals surface area contributed by atoms with E-state index in [1.165, 1.54) is 22.5 Å². The lowest BCUT2D eigenvalue weighted by Crippen LogP contribution is -1.87. The highest BCUT2D eigenvalue weighted by Gasteiger charge is 2.08. The fourth-order valence-electron chi connectivity index (χ4n) is 2.06. The molecule has 3 rings (SSSR count). The molecule has 0 aliphatic rings. The molecule has 0 fully saturated rings. The Labute approximate surface area is 121 Å². The van der Waals surface area contributed by atoms with E-state index < -0.39 is 0 Å². The molecule has 0 saturated heterocycles.